The molecule has 2 saturated heterocycles. The Hall–Kier alpha value is -7.28. The largest absolute Gasteiger partial charge is 0.459 e. The number of ether oxygens (including phenoxy) is 9. The van der Waals surface area contributed by atoms with Crippen LogP contribution in [0.25, 0.3) is 0 Å². The van der Waals surface area contributed by atoms with E-state index < -0.39 is 110 Å². The van der Waals surface area contributed by atoms with E-state index in [4.69, 9.17) is 42.6 Å². The van der Waals surface area contributed by atoms with Crippen molar-refractivity contribution in [2.75, 3.05) is 13.2 Å². The lowest BCUT2D eigenvalue weighted by Crippen LogP contribution is -2.66. The summed E-state index contributed by atoms with van der Waals surface area (Å²) < 4.78 is 53.1. The fourth-order valence-corrected chi connectivity index (χ4v) is 7.14. The van der Waals surface area contributed by atoms with Gasteiger partial charge in [0.05, 0.1) is 27.8 Å². The van der Waals surface area contributed by atoms with Gasteiger partial charge in [-0.05, 0) is 60.7 Å². The first-order valence-electron chi connectivity index (χ1n) is 20.7. The van der Waals surface area contributed by atoms with Crippen LogP contribution in [0.2, 0.25) is 0 Å². The van der Waals surface area contributed by atoms with Crippen LogP contribution < -0.4 is 0 Å². The smallest absolute Gasteiger partial charge is 0.338 e. The highest BCUT2D eigenvalue weighted by Gasteiger charge is 2.56. The lowest BCUT2D eigenvalue weighted by atomic mass is 9.96. The van der Waals surface area contributed by atoms with E-state index in [0.29, 0.717) is 0 Å². The predicted molar refractivity (Wildman–Crippen MR) is 226 cm³/mol. The van der Waals surface area contributed by atoms with E-state index in [0.717, 1.165) is 6.92 Å². The first-order chi connectivity index (χ1) is 32.0. The van der Waals surface area contributed by atoms with Crippen molar-refractivity contribution in [2.45, 2.75) is 68.3 Å². The van der Waals surface area contributed by atoms with E-state index in [9.17, 15) is 39.0 Å². The highest BCUT2D eigenvalue weighted by Crippen LogP contribution is 2.35. The van der Waals surface area contributed by atoms with Gasteiger partial charge in [-0.3, -0.25) is 4.79 Å². The van der Waals surface area contributed by atoms with Gasteiger partial charge in [0.15, 0.2) is 37.0 Å². The molecule has 2 N–H and O–H groups in total. The fraction of sp³-hybridized carbons (Fsp3) is 0.265. The fourth-order valence-electron chi connectivity index (χ4n) is 7.14. The number of rotatable bonds is 15. The summed E-state index contributed by atoms with van der Waals surface area (Å²) in [6, 6.07) is 38.7. The summed E-state index contributed by atoms with van der Waals surface area (Å²) in [5, 5.41) is 23.6. The quantitative estimate of drug-likeness (QED) is 0.109. The Bertz CT molecular complexity index is 2420. The van der Waals surface area contributed by atoms with E-state index in [-0.39, 0.29) is 27.8 Å². The van der Waals surface area contributed by atoms with Crippen LogP contribution in [0.1, 0.15) is 58.7 Å². The molecule has 17 heteroatoms. The van der Waals surface area contributed by atoms with Gasteiger partial charge in [0.25, 0.3) is 0 Å². The SMILES string of the molecule is CC(=O)O[C@@H]1[C@H](O)[C@@H](OC(=O)c2ccccc2)[C@H](O[C@H]2[C@H](OC(=O)c3ccccc3)[C@@H](OC(=O)c3ccccc3)[C@H](O)O[C@@H]2COC(=O)c2ccccc2)O[C@@H]1COC(=O)c1ccccc1. The maximum absolute atomic E-state index is 13.9. The van der Waals surface area contributed by atoms with E-state index in [1.54, 1.807) is 91.0 Å². The second-order valence-corrected chi connectivity index (χ2v) is 14.9. The summed E-state index contributed by atoms with van der Waals surface area (Å²) in [6.45, 7) is -0.308. The molecule has 2 fully saturated rings. The van der Waals surface area contributed by atoms with Gasteiger partial charge >= 0.3 is 35.8 Å². The van der Waals surface area contributed by atoms with Crippen LogP contribution in [-0.4, -0.2) is 121 Å². The third-order valence-corrected chi connectivity index (χ3v) is 10.4. The molecular formula is C49H44O17. The lowest BCUT2D eigenvalue weighted by Gasteiger charge is -2.47. The van der Waals surface area contributed by atoms with E-state index in [1.807, 2.05) is 0 Å². The second-order valence-electron chi connectivity index (χ2n) is 14.9. The average molecular weight is 905 g/mol. The number of esters is 6. The zero-order chi connectivity index (χ0) is 46.6. The van der Waals surface area contributed by atoms with Crippen LogP contribution in [0.5, 0.6) is 0 Å². The Kier molecular flexibility index (Phi) is 15.6. The average Bonchev–Trinajstić information content (AvgIpc) is 3.35. The van der Waals surface area contributed by atoms with Gasteiger partial charge in [-0.2, -0.15) is 0 Å². The molecule has 0 spiro atoms. The van der Waals surface area contributed by atoms with Crippen LogP contribution in [0.4, 0.5) is 0 Å². The molecule has 10 atom stereocenters. The molecule has 7 rings (SSSR count). The molecule has 5 aromatic rings. The van der Waals surface area contributed by atoms with Crippen molar-refractivity contribution in [1.82, 2.24) is 0 Å². The minimum Gasteiger partial charge on any atom is -0.459 e. The van der Waals surface area contributed by atoms with E-state index >= 15 is 0 Å². The van der Waals surface area contributed by atoms with Gasteiger partial charge < -0.3 is 52.8 Å². The number of carbonyl (C=O) groups is 6. The summed E-state index contributed by atoms with van der Waals surface area (Å²) >= 11 is 0. The van der Waals surface area contributed by atoms with Crippen LogP contribution in [0.3, 0.4) is 0 Å². The first-order valence-corrected chi connectivity index (χ1v) is 20.7. The van der Waals surface area contributed by atoms with Crippen molar-refractivity contribution in [2.24, 2.45) is 0 Å². The van der Waals surface area contributed by atoms with Crippen molar-refractivity contribution >= 4 is 35.8 Å². The molecule has 0 aromatic heterocycles. The molecule has 2 aliphatic heterocycles. The number of carbonyl (C=O) groups excluding carboxylic acids is 6. The summed E-state index contributed by atoms with van der Waals surface area (Å²) in [7, 11) is 0. The summed E-state index contributed by atoms with van der Waals surface area (Å²) in [5.41, 5.74) is 0.407. The van der Waals surface area contributed by atoms with Crippen molar-refractivity contribution < 1.29 is 81.6 Å². The Morgan fingerprint density at radius 2 is 0.773 bits per heavy atom. The molecule has 5 aromatic carbocycles. The second kappa shape index (κ2) is 22.1. The molecule has 66 heavy (non-hydrogen) atoms. The Balaban J connectivity index is 1.29. The van der Waals surface area contributed by atoms with Gasteiger partial charge in [-0.15, -0.1) is 0 Å². The molecule has 2 heterocycles. The van der Waals surface area contributed by atoms with Gasteiger partial charge in [-0.25, -0.2) is 24.0 Å². The topological polar surface area (TPSA) is 226 Å². The van der Waals surface area contributed by atoms with Crippen LogP contribution in [-0.2, 0) is 47.4 Å². The molecule has 342 valence electrons. The van der Waals surface area contributed by atoms with Crippen molar-refractivity contribution in [1.29, 1.82) is 0 Å². The Morgan fingerprint density at radius 1 is 0.424 bits per heavy atom. The van der Waals surface area contributed by atoms with Gasteiger partial charge in [0.2, 0.25) is 0 Å². The maximum atomic E-state index is 13.9. The number of aliphatic hydroxyl groups is 2. The molecule has 0 saturated carbocycles. The van der Waals surface area contributed by atoms with Crippen molar-refractivity contribution in [3.05, 3.63) is 179 Å². The van der Waals surface area contributed by atoms with Crippen LogP contribution in [0, 0.1) is 0 Å². The molecule has 0 unspecified atom stereocenters. The highest BCUT2D eigenvalue weighted by molar-refractivity contribution is 5.91. The van der Waals surface area contributed by atoms with Gasteiger partial charge in [0, 0.05) is 6.92 Å². The molecule has 0 radical (unpaired) electrons. The Labute approximate surface area is 377 Å². The molecule has 2 aliphatic rings. The van der Waals surface area contributed by atoms with E-state index in [1.165, 1.54) is 60.7 Å². The van der Waals surface area contributed by atoms with Gasteiger partial charge in [-0.1, -0.05) is 91.0 Å². The monoisotopic (exact) mass is 904 g/mol. The lowest BCUT2D eigenvalue weighted by molar-refractivity contribution is -0.353. The summed E-state index contributed by atoms with van der Waals surface area (Å²) in [5.74, 6) is -5.47. The predicted octanol–water partition coefficient (Wildman–Crippen LogP) is 4.50. The number of hydrogen-bond donors (Lipinski definition) is 2. The molecule has 0 amide bonds. The highest BCUT2D eigenvalue weighted by atomic mass is 16.8. The van der Waals surface area contributed by atoms with Crippen molar-refractivity contribution in [3.8, 4) is 0 Å². The van der Waals surface area contributed by atoms with Gasteiger partial charge in [0.1, 0.15) is 37.6 Å². The zero-order valence-electron chi connectivity index (χ0n) is 35.1. The van der Waals surface area contributed by atoms with Crippen LogP contribution >= 0.6 is 0 Å². The number of hydrogen-bond acceptors (Lipinski definition) is 17. The minimum absolute atomic E-state index is 0.0287. The number of benzene rings is 5. The standard InChI is InChI=1S/C49H44O17/c1-29(50)60-38-35(27-58-43(52)30-17-7-2-8-18-30)62-49(40(37(38)51)63-45(54)32-21-11-4-12-22-32)66-39-36(28-59-44(53)31-19-9-3-10-20-31)61-48(57)42(65-47(56)34-25-15-6-16-26-34)41(39)64-46(55)33-23-13-5-14-24-33/h2-26,35-42,48-49,51,57H,27-28H2,1H3/t35-,36-,37+,38+,39-,40-,41+,42-,48-,49+/m1/s1. The summed E-state index contributed by atoms with van der Waals surface area (Å²) in [6.07, 6.45) is -18.2. The van der Waals surface area contributed by atoms with Crippen molar-refractivity contribution in [3.63, 3.8) is 0 Å². The zero-order valence-corrected chi connectivity index (χ0v) is 35.1. The molecular weight excluding hydrogens is 861 g/mol. The van der Waals surface area contributed by atoms with Crippen LogP contribution in [0.15, 0.2) is 152 Å². The third kappa shape index (κ3) is 11.7. The normalized spacial score (nSPS) is 24.7. The third-order valence-electron chi connectivity index (χ3n) is 10.4. The first kappa shape index (κ1) is 46.7. The summed E-state index contributed by atoms with van der Waals surface area (Å²) in [4.78, 5) is 80.2. The molecule has 17 nitrogen and oxygen atoms in total. The van der Waals surface area contributed by atoms with E-state index in [2.05, 4.69) is 0 Å². The number of aliphatic hydroxyl groups excluding tert-OH is 2. The minimum atomic E-state index is -2.06. The maximum Gasteiger partial charge on any atom is 0.338 e. The Morgan fingerprint density at radius 3 is 1.17 bits per heavy atom. The molecule has 0 aliphatic carbocycles. The molecule has 0 bridgehead atoms.